The molecule has 2 aromatic rings. The molecule has 7 heteroatoms. The third kappa shape index (κ3) is 2.38. The van der Waals surface area contributed by atoms with Gasteiger partial charge in [-0.3, -0.25) is 4.79 Å². The van der Waals surface area contributed by atoms with Gasteiger partial charge in [-0.2, -0.15) is 4.98 Å². The first-order chi connectivity index (χ1) is 9.54. The number of benzene rings is 1. The van der Waals surface area contributed by atoms with Gasteiger partial charge in [-0.05, 0) is 18.1 Å². The molecule has 2 unspecified atom stereocenters. The van der Waals surface area contributed by atoms with E-state index in [9.17, 15) is 13.6 Å². The molecular weight excluding hydrogens is 270 g/mol. The van der Waals surface area contributed by atoms with Crippen LogP contribution >= 0.6 is 0 Å². The summed E-state index contributed by atoms with van der Waals surface area (Å²) in [7, 11) is 0. The van der Waals surface area contributed by atoms with Crippen molar-refractivity contribution in [2.45, 2.75) is 18.8 Å². The summed E-state index contributed by atoms with van der Waals surface area (Å²) in [5.41, 5.74) is 0.254. The molecule has 0 bridgehead atoms. The molecular formula is C13H10F2N2O3. The van der Waals surface area contributed by atoms with Crippen LogP contribution in [0.4, 0.5) is 8.78 Å². The van der Waals surface area contributed by atoms with E-state index < -0.39 is 23.5 Å². The van der Waals surface area contributed by atoms with E-state index in [4.69, 9.17) is 9.63 Å². The van der Waals surface area contributed by atoms with Crippen LogP contribution in [0.3, 0.4) is 0 Å². The molecule has 3 rings (SSSR count). The maximum absolute atomic E-state index is 13.5. The third-order valence-corrected chi connectivity index (χ3v) is 3.27. The summed E-state index contributed by atoms with van der Waals surface area (Å²) in [5.74, 6) is -2.44. The van der Waals surface area contributed by atoms with Crippen LogP contribution in [-0.4, -0.2) is 21.2 Å². The highest BCUT2D eigenvalue weighted by molar-refractivity contribution is 5.74. The normalized spacial score (nSPS) is 20.9. The first-order valence-electron chi connectivity index (χ1n) is 6.04. The largest absolute Gasteiger partial charge is 0.481 e. The molecule has 5 nitrogen and oxygen atoms in total. The Morgan fingerprint density at radius 3 is 2.90 bits per heavy atom. The Kier molecular flexibility index (Phi) is 2.96. The molecule has 20 heavy (non-hydrogen) atoms. The molecule has 0 spiro atoms. The topological polar surface area (TPSA) is 76.2 Å². The number of aromatic nitrogens is 2. The fourth-order valence-electron chi connectivity index (χ4n) is 2.07. The molecule has 1 N–H and O–H groups in total. The molecule has 1 aliphatic carbocycles. The maximum Gasteiger partial charge on any atom is 0.307 e. The fraction of sp³-hybridized carbons (Fsp3) is 0.308. The number of aliphatic carboxylic acids is 1. The molecule has 1 aromatic heterocycles. The number of hydrogen-bond acceptors (Lipinski definition) is 4. The molecule has 2 atom stereocenters. The standard InChI is InChI=1S/C13H10F2N2O3/c14-7-2-1-6(10(15)4-7)3-11-16-12(20-17-11)8-5-9(8)13(18)19/h1-2,4,8-9H,3,5H2,(H,18,19). The van der Waals surface area contributed by atoms with Crippen LogP contribution in [-0.2, 0) is 11.2 Å². The third-order valence-electron chi connectivity index (χ3n) is 3.27. The van der Waals surface area contributed by atoms with Gasteiger partial charge in [-0.25, -0.2) is 8.78 Å². The minimum atomic E-state index is -0.890. The highest BCUT2D eigenvalue weighted by Gasteiger charge is 2.48. The zero-order chi connectivity index (χ0) is 14.3. The van der Waals surface area contributed by atoms with Gasteiger partial charge in [0.25, 0.3) is 0 Å². The van der Waals surface area contributed by atoms with Crippen molar-refractivity contribution in [1.82, 2.24) is 10.1 Å². The van der Waals surface area contributed by atoms with Crippen molar-refractivity contribution in [1.29, 1.82) is 0 Å². The number of carbonyl (C=O) groups is 1. The van der Waals surface area contributed by atoms with Gasteiger partial charge in [-0.15, -0.1) is 0 Å². The number of carboxylic acids is 1. The van der Waals surface area contributed by atoms with Crippen molar-refractivity contribution >= 4 is 5.97 Å². The molecule has 1 fully saturated rings. The van der Waals surface area contributed by atoms with Gasteiger partial charge >= 0.3 is 5.97 Å². The van der Waals surface area contributed by atoms with E-state index >= 15 is 0 Å². The number of hydrogen-bond donors (Lipinski definition) is 1. The maximum atomic E-state index is 13.5. The second kappa shape index (κ2) is 4.66. The van der Waals surface area contributed by atoms with E-state index in [1.54, 1.807) is 0 Å². The first-order valence-corrected chi connectivity index (χ1v) is 6.04. The summed E-state index contributed by atoms with van der Waals surface area (Å²) in [5, 5.41) is 12.5. The van der Waals surface area contributed by atoms with Gasteiger partial charge in [-0.1, -0.05) is 11.2 Å². The smallest absolute Gasteiger partial charge is 0.307 e. The van der Waals surface area contributed by atoms with Gasteiger partial charge in [0.15, 0.2) is 5.82 Å². The minimum absolute atomic E-state index is 0.0695. The zero-order valence-electron chi connectivity index (χ0n) is 10.2. The Morgan fingerprint density at radius 1 is 1.45 bits per heavy atom. The summed E-state index contributed by atoms with van der Waals surface area (Å²) < 4.78 is 31.2. The Balaban J connectivity index is 1.73. The predicted octanol–water partition coefficient (Wildman–Crippen LogP) is 2.13. The highest BCUT2D eigenvalue weighted by Crippen LogP contribution is 2.46. The molecule has 1 heterocycles. The van der Waals surface area contributed by atoms with Crippen LogP contribution in [0.2, 0.25) is 0 Å². The Morgan fingerprint density at radius 2 is 2.25 bits per heavy atom. The van der Waals surface area contributed by atoms with E-state index in [1.807, 2.05) is 0 Å². The van der Waals surface area contributed by atoms with Gasteiger partial charge < -0.3 is 9.63 Å². The van der Waals surface area contributed by atoms with Crippen molar-refractivity contribution in [2.75, 3.05) is 0 Å². The van der Waals surface area contributed by atoms with E-state index in [0.717, 1.165) is 12.1 Å². The summed E-state index contributed by atoms with van der Waals surface area (Å²) in [6.45, 7) is 0. The number of rotatable bonds is 4. The zero-order valence-corrected chi connectivity index (χ0v) is 10.2. The summed E-state index contributed by atoms with van der Waals surface area (Å²) >= 11 is 0. The molecule has 0 aliphatic heterocycles. The molecule has 104 valence electrons. The molecule has 0 amide bonds. The lowest BCUT2D eigenvalue weighted by atomic mass is 10.1. The average Bonchev–Trinajstić information content (AvgIpc) is 3.07. The van der Waals surface area contributed by atoms with Gasteiger partial charge in [0.2, 0.25) is 5.89 Å². The minimum Gasteiger partial charge on any atom is -0.481 e. The highest BCUT2D eigenvalue weighted by atomic mass is 19.1. The van der Waals surface area contributed by atoms with Crippen molar-refractivity contribution in [3.63, 3.8) is 0 Å². The molecule has 0 radical (unpaired) electrons. The SMILES string of the molecule is O=C(O)C1CC1c1nc(Cc2ccc(F)cc2F)no1. The van der Waals surface area contributed by atoms with E-state index in [1.165, 1.54) is 6.07 Å². The number of nitrogens with zero attached hydrogens (tertiary/aromatic N) is 2. The number of carboxylic acid groups (broad SMARTS) is 1. The van der Waals surface area contributed by atoms with Gasteiger partial charge in [0.05, 0.1) is 11.8 Å². The predicted molar refractivity (Wildman–Crippen MR) is 61.9 cm³/mol. The second-order valence-electron chi connectivity index (χ2n) is 4.75. The van der Waals surface area contributed by atoms with Crippen LogP contribution in [0.5, 0.6) is 0 Å². The first kappa shape index (κ1) is 12.7. The van der Waals surface area contributed by atoms with Crippen molar-refractivity contribution in [3.8, 4) is 0 Å². The molecule has 0 saturated heterocycles. The van der Waals surface area contributed by atoms with Gasteiger partial charge in [0.1, 0.15) is 11.6 Å². The molecule has 1 saturated carbocycles. The summed E-state index contributed by atoms with van der Waals surface area (Å²) in [6, 6.07) is 3.26. The molecule has 1 aliphatic rings. The van der Waals surface area contributed by atoms with Crippen LogP contribution in [0, 0.1) is 17.6 Å². The fourth-order valence-corrected chi connectivity index (χ4v) is 2.07. The van der Waals surface area contributed by atoms with Crippen LogP contribution < -0.4 is 0 Å². The number of halogens is 2. The van der Waals surface area contributed by atoms with Crippen LogP contribution in [0.15, 0.2) is 22.7 Å². The van der Waals surface area contributed by atoms with Gasteiger partial charge in [0, 0.05) is 12.5 Å². The summed E-state index contributed by atoms with van der Waals surface area (Å²) in [4.78, 5) is 14.8. The lowest BCUT2D eigenvalue weighted by Crippen LogP contribution is -1.99. The van der Waals surface area contributed by atoms with E-state index in [-0.39, 0.29) is 29.6 Å². The second-order valence-corrected chi connectivity index (χ2v) is 4.75. The van der Waals surface area contributed by atoms with E-state index in [2.05, 4.69) is 10.1 Å². The quantitative estimate of drug-likeness (QED) is 0.928. The van der Waals surface area contributed by atoms with Crippen molar-refractivity contribution in [3.05, 3.63) is 47.1 Å². The van der Waals surface area contributed by atoms with Crippen molar-refractivity contribution in [2.24, 2.45) is 5.92 Å². The average molecular weight is 280 g/mol. The lowest BCUT2D eigenvalue weighted by molar-refractivity contribution is -0.138. The Hall–Kier alpha value is -2.31. The van der Waals surface area contributed by atoms with Crippen LogP contribution in [0.1, 0.15) is 29.6 Å². The van der Waals surface area contributed by atoms with Crippen molar-refractivity contribution < 1.29 is 23.2 Å². The molecule has 1 aromatic carbocycles. The monoisotopic (exact) mass is 280 g/mol. The Bertz CT molecular complexity index is 671. The summed E-state index contributed by atoms with van der Waals surface area (Å²) in [6.07, 6.45) is 0.544. The van der Waals surface area contributed by atoms with E-state index in [0.29, 0.717) is 6.42 Å². The van der Waals surface area contributed by atoms with Crippen LogP contribution in [0.25, 0.3) is 0 Å². The lowest BCUT2D eigenvalue weighted by Gasteiger charge is -1.98. The Labute approximate surface area is 112 Å².